The normalized spacial score (nSPS) is 27.7. The minimum Gasteiger partial charge on any atom is -0.484 e. The van der Waals surface area contributed by atoms with Crippen LogP contribution >= 0.6 is 12.4 Å². The summed E-state index contributed by atoms with van der Waals surface area (Å²) in [5.41, 5.74) is 6.67. The van der Waals surface area contributed by atoms with Gasteiger partial charge in [-0.15, -0.1) is 12.4 Å². The van der Waals surface area contributed by atoms with Crippen molar-refractivity contribution >= 4 is 18.3 Å². The van der Waals surface area contributed by atoms with Crippen LogP contribution in [0.5, 0.6) is 5.75 Å². The number of hydrogen-bond acceptors (Lipinski definition) is 3. The molecule has 0 spiro atoms. The summed E-state index contributed by atoms with van der Waals surface area (Å²) < 4.78 is 41.8. The number of benzene rings is 1. The van der Waals surface area contributed by atoms with Gasteiger partial charge in [-0.05, 0) is 37.2 Å². The van der Waals surface area contributed by atoms with Crippen molar-refractivity contribution in [3.63, 3.8) is 0 Å². The van der Waals surface area contributed by atoms with Crippen LogP contribution in [0.25, 0.3) is 0 Å². The van der Waals surface area contributed by atoms with E-state index in [0.717, 1.165) is 19.3 Å². The van der Waals surface area contributed by atoms with Crippen molar-refractivity contribution in [3.05, 3.63) is 29.8 Å². The van der Waals surface area contributed by atoms with Gasteiger partial charge in [0.2, 0.25) is 5.91 Å². The zero-order valence-electron chi connectivity index (χ0n) is 13.6. The Kier molecular flexibility index (Phi) is 6.21. The third kappa shape index (κ3) is 4.58. The van der Waals surface area contributed by atoms with Gasteiger partial charge in [-0.1, -0.05) is 18.2 Å². The fourth-order valence-corrected chi connectivity index (χ4v) is 3.98. The number of ether oxygens (including phenoxy) is 1. The lowest BCUT2D eigenvalue weighted by molar-refractivity contribution is -0.153. The number of carbonyl (C=O) groups excluding carboxylic acids is 1. The van der Waals surface area contributed by atoms with Crippen LogP contribution in [-0.4, -0.2) is 24.7 Å². The maximum Gasteiger partial charge on any atom is 0.422 e. The lowest BCUT2D eigenvalue weighted by Crippen LogP contribution is -2.45. The molecule has 0 saturated heterocycles. The largest absolute Gasteiger partial charge is 0.484 e. The number of nitrogens with one attached hydrogen (secondary N) is 1. The molecule has 140 valence electrons. The maximum atomic E-state index is 12.4. The van der Waals surface area contributed by atoms with Crippen molar-refractivity contribution in [2.75, 3.05) is 6.61 Å². The van der Waals surface area contributed by atoms with E-state index in [2.05, 4.69) is 5.32 Å². The lowest BCUT2D eigenvalue weighted by atomic mass is 9.84. The first-order valence-electron chi connectivity index (χ1n) is 8.16. The molecule has 4 unspecified atom stereocenters. The number of alkyl halides is 3. The van der Waals surface area contributed by atoms with Crippen molar-refractivity contribution in [1.82, 2.24) is 5.32 Å². The van der Waals surface area contributed by atoms with E-state index in [9.17, 15) is 18.0 Å². The molecule has 2 aliphatic carbocycles. The summed E-state index contributed by atoms with van der Waals surface area (Å²) in [7, 11) is 0. The van der Waals surface area contributed by atoms with Gasteiger partial charge in [0, 0.05) is 18.2 Å². The molecule has 0 aliphatic heterocycles. The second kappa shape index (κ2) is 7.83. The van der Waals surface area contributed by atoms with Gasteiger partial charge >= 0.3 is 6.18 Å². The van der Waals surface area contributed by atoms with Gasteiger partial charge in [-0.3, -0.25) is 4.79 Å². The number of para-hydroxylation sites is 1. The van der Waals surface area contributed by atoms with Crippen molar-refractivity contribution in [2.45, 2.75) is 38.0 Å². The molecule has 0 radical (unpaired) electrons. The predicted molar refractivity (Wildman–Crippen MR) is 89.4 cm³/mol. The number of amides is 1. The number of rotatable bonds is 5. The third-order valence-corrected chi connectivity index (χ3v) is 5.10. The maximum absolute atomic E-state index is 12.4. The van der Waals surface area contributed by atoms with Crippen molar-refractivity contribution in [3.8, 4) is 5.75 Å². The molecular weight excluding hydrogens is 357 g/mol. The first-order chi connectivity index (χ1) is 11.3. The van der Waals surface area contributed by atoms with Crippen LogP contribution in [0.4, 0.5) is 13.2 Å². The van der Waals surface area contributed by atoms with Gasteiger partial charge < -0.3 is 15.8 Å². The van der Waals surface area contributed by atoms with Crippen LogP contribution in [-0.2, 0) is 11.3 Å². The molecule has 3 rings (SSSR count). The zero-order chi connectivity index (χ0) is 17.3. The van der Waals surface area contributed by atoms with Crippen LogP contribution in [0.3, 0.4) is 0 Å². The minimum atomic E-state index is -4.40. The van der Waals surface area contributed by atoms with E-state index in [1.165, 1.54) is 6.07 Å². The predicted octanol–water partition coefficient (Wildman–Crippen LogP) is 3.04. The Balaban J connectivity index is 0.00000225. The SMILES string of the molecule is Cl.NC1C2CCC(C2)C1C(=O)NCc1ccccc1OCC(F)(F)F. The van der Waals surface area contributed by atoms with E-state index < -0.39 is 12.8 Å². The van der Waals surface area contributed by atoms with Crippen LogP contribution in [0.2, 0.25) is 0 Å². The lowest BCUT2D eigenvalue weighted by Gasteiger charge is -2.27. The zero-order valence-corrected chi connectivity index (χ0v) is 14.4. The van der Waals surface area contributed by atoms with Crippen molar-refractivity contribution < 1.29 is 22.7 Å². The second-order valence-electron chi connectivity index (χ2n) is 6.67. The molecule has 2 saturated carbocycles. The summed E-state index contributed by atoms with van der Waals surface area (Å²) in [5.74, 6) is 0.592. The molecule has 2 aliphatic rings. The monoisotopic (exact) mass is 378 g/mol. The van der Waals surface area contributed by atoms with Gasteiger partial charge in [0.1, 0.15) is 5.75 Å². The highest BCUT2D eigenvalue weighted by Gasteiger charge is 2.48. The van der Waals surface area contributed by atoms with Gasteiger partial charge in [-0.25, -0.2) is 0 Å². The molecule has 1 amide bonds. The highest BCUT2D eigenvalue weighted by atomic mass is 35.5. The van der Waals surface area contributed by atoms with Gasteiger partial charge in [0.05, 0.1) is 5.92 Å². The second-order valence-corrected chi connectivity index (χ2v) is 6.67. The molecule has 4 atom stereocenters. The van der Waals surface area contributed by atoms with Crippen LogP contribution in [0.1, 0.15) is 24.8 Å². The number of fused-ring (bicyclic) bond motifs is 2. The number of carbonyl (C=O) groups is 1. The van der Waals surface area contributed by atoms with Crippen LogP contribution in [0.15, 0.2) is 24.3 Å². The van der Waals surface area contributed by atoms with E-state index in [-0.39, 0.29) is 42.6 Å². The molecular formula is C17H22ClF3N2O2. The molecule has 2 fully saturated rings. The molecule has 3 N–H and O–H groups in total. The van der Waals surface area contributed by atoms with Gasteiger partial charge in [0.15, 0.2) is 6.61 Å². The Morgan fingerprint density at radius 3 is 2.56 bits per heavy atom. The highest BCUT2D eigenvalue weighted by Crippen LogP contribution is 2.47. The molecule has 0 aromatic heterocycles. The van der Waals surface area contributed by atoms with E-state index in [0.29, 0.717) is 17.4 Å². The average Bonchev–Trinajstić information content (AvgIpc) is 3.11. The molecule has 1 aromatic carbocycles. The third-order valence-electron chi connectivity index (χ3n) is 5.10. The fourth-order valence-electron chi connectivity index (χ4n) is 3.98. The summed E-state index contributed by atoms with van der Waals surface area (Å²) >= 11 is 0. The summed E-state index contributed by atoms with van der Waals surface area (Å²) in [6.45, 7) is -1.22. The molecule has 1 aromatic rings. The van der Waals surface area contributed by atoms with E-state index in [4.69, 9.17) is 10.5 Å². The Morgan fingerprint density at radius 2 is 1.92 bits per heavy atom. The van der Waals surface area contributed by atoms with E-state index in [1.54, 1.807) is 18.2 Å². The molecule has 25 heavy (non-hydrogen) atoms. The molecule has 8 heteroatoms. The standard InChI is InChI=1S/C17H21F3N2O2.ClH/c18-17(19,20)9-24-13-4-2-1-3-12(13)8-22-16(23)14-10-5-6-11(7-10)15(14)21;/h1-4,10-11,14-15H,5-9,21H2,(H,22,23);1H. The topological polar surface area (TPSA) is 64.4 Å². The Hall–Kier alpha value is -1.47. The summed E-state index contributed by atoms with van der Waals surface area (Å²) in [6, 6.07) is 6.30. The summed E-state index contributed by atoms with van der Waals surface area (Å²) in [4.78, 5) is 12.4. The van der Waals surface area contributed by atoms with Gasteiger partial charge in [-0.2, -0.15) is 13.2 Å². The highest BCUT2D eigenvalue weighted by molar-refractivity contribution is 5.85. The van der Waals surface area contributed by atoms with E-state index >= 15 is 0 Å². The number of nitrogens with two attached hydrogens (primary N) is 1. The minimum absolute atomic E-state index is 0. The van der Waals surface area contributed by atoms with Crippen molar-refractivity contribution in [2.24, 2.45) is 23.5 Å². The summed E-state index contributed by atoms with van der Waals surface area (Å²) in [5, 5.41) is 2.81. The first-order valence-corrected chi connectivity index (χ1v) is 8.16. The molecule has 0 heterocycles. The van der Waals surface area contributed by atoms with E-state index in [1.807, 2.05) is 0 Å². The average molecular weight is 379 g/mol. The quantitative estimate of drug-likeness (QED) is 0.827. The Labute approximate surface area is 150 Å². The Morgan fingerprint density at radius 1 is 1.24 bits per heavy atom. The Bertz CT molecular complexity index is 610. The van der Waals surface area contributed by atoms with Crippen LogP contribution in [0, 0.1) is 17.8 Å². The fraction of sp³-hybridized carbons (Fsp3) is 0.588. The van der Waals surface area contributed by atoms with Crippen LogP contribution < -0.4 is 15.8 Å². The number of hydrogen-bond donors (Lipinski definition) is 2. The first kappa shape index (κ1) is 19.8. The molecule has 2 bridgehead atoms. The van der Waals surface area contributed by atoms with Crippen molar-refractivity contribution in [1.29, 1.82) is 0 Å². The van der Waals surface area contributed by atoms with Gasteiger partial charge in [0.25, 0.3) is 0 Å². The summed E-state index contributed by atoms with van der Waals surface area (Å²) in [6.07, 6.45) is -1.28. The number of halogens is 4. The smallest absolute Gasteiger partial charge is 0.422 e. The molecule has 4 nitrogen and oxygen atoms in total.